The maximum atomic E-state index is 12.4. The SMILES string of the molecule is C=CCOC(=O)C1C(C)NC(S)C(C#N)C1c1cccs1. The summed E-state index contributed by atoms with van der Waals surface area (Å²) in [5.74, 6) is -1.29. The van der Waals surface area contributed by atoms with E-state index in [1.54, 1.807) is 17.4 Å². The second-order valence-corrected chi connectivity index (χ2v) is 6.58. The van der Waals surface area contributed by atoms with E-state index in [1.165, 1.54) is 0 Å². The van der Waals surface area contributed by atoms with Crippen LogP contribution in [0.3, 0.4) is 0 Å². The molecule has 2 heterocycles. The number of nitrogens with zero attached hydrogens (tertiary/aromatic N) is 1. The molecule has 1 aliphatic heterocycles. The van der Waals surface area contributed by atoms with Crippen LogP contribution in [0.5, 0.6) is 0 Å². The Labute approximate surface area is 134 Å². The number of ether oxygens (including phenoxy) is 1. The summed E-state index contributed by atoms with van der Waals surface area (Å²) in [6.07, 6.45) is 1.54. The third-order valence-electron chi connectivity index (χ3n) is 3.72. The van der Waals surface area contributed by atoms with Gasteiger partial charge in [-0.2, -0.15) is 17.9 Å². The molecule has 6 heteroatoms. The van der Waals surface area contributed by atoms with E-state index in [-0.39, 0.29) is 35.8 Å². The lowest BCUT2D eigenvalue weighted by Gasteiger charge is -2.41. The lowest BCUT2D eigenvalue weighted by molar-refractivity contribution is -0.150. The number of rotatable bonds is 4. The zero-order valence-corrected chi connectivity index (χ0v) is 13.4. The summed E-state index contributed by atoms with van der Waals surface area (Å²) >= 11 is 6.03. The van der Waals surface area contributed by atoms with Gasteiger partial charge in [0.2, 0.25) is 0 Å². The van der Waals surface area contributed by atoms with Crippen LogP contribution in [0.1, 0.15) is 17.7 Å². The fraction of sp³-hybridized carbons (Fsp3) is 0.467. The minimum absolute atomic E-state index is 0.110. The van der Waals surface area contributed by atoms with Gasteiger partial charge in [-0.3, -0.25) is 4.79 Å². The predicted molar refractivity (Wildman–Crippen MR) is 86.2 cm³/mol. The number of hydrogen-bond acceptors (Lipinski definition) is 6. The Hall–Kier alpha value is -1.29. The van der Waals surface area contributed by atoms with Crippen molar-refractivity contribution in [2.45, 2.75) is 24.3 Å². The molecule has 1 aromatic heterocycles. The van der Waals surface area contributed by atoms with E-state index in [2.05, 4.69) is 30.6 Å². The van der Waals surface area contributed by atoms with Crippen LogP contribution < -0.4 is 5.32 Å². The van der Waals surface area contributed by atoms with E-state index in [4.69, 9.17) is 4.74 Å². The Bertz CT molecular complexity index is 538. The van der Waals surface area contributed by atoms with Crippen molar-refractivity contribution in [2.75, 3.05) is 6.61 Å². The number of thiol groups is 1. The molecular formula is C15H18N2O2S2. The van der Waals surface area contributed by atoms with Gasteiger partial charge in [-0.05, 0) is 18.4 Å². The molecule has 1 aliphatic rings. The number of nitrogens with one attached hydrogen (secondary N) is 1. The zero-order valence-electron chi connectivity index (χ0n) is 11.7. The van der Waals surface area contributed by atoms with Crippen LogP contribution in [0, 0.1) is 23.2 Å². The summed E-state index contributed by atoms with van der Waals surface area (Å²) in [7, 11) is 0. The van der Waals surface area contributed by atoms with Gasteiger partial charge in [0, 0.05) is 16.8 Å². The van der Waals surface area contributed by atoms with Gasteiger partial charge in [-0.25, -0.2) is 0 Å². The van der Waals surface area contributed by atoms with Crippen molar-refractivity contribution in [2.24, 2.45) is 11.8 Å². The normalized spacial score (nSPS) is 32.1. The van der Waals surface area contributed by atoms with Crippen molar-refractivity contribution in [3.05, 3.63) is 35.0 Å². The molecule has 0 amide bonds. The first-order chi connectivity index (χ1) is 10.1. The summed E-state index contributed by atoms with van der Waals surface area (Å²) in [5.41, 5.74) is 0. The molecule has 21 heavy (non-hydrogen) atoms. The molecule has 0 aromatic carbocycles. The van der Waals surface area contributed by atoms with Gasteiger partial charge in [0.25, 0.3) is 0 Å². The largest absolute Gasteiger partial charge is 0.461 e. The highest BCUT2D eigenvalue weighted by Crippen LogP contribution is 2.42. The molecule has 5 atom stereocenters. The molecule has 1 N–H and O–H groups in total. The van der Waals surface area contributed by atoms with Crippen molar-refractivity contribution in [1.29, 1.82) is 5.26 Å². The Morgan fingerprint density at radius 2 is 2.48 bits per heavy atom. The molecule has 5 unspecified atom stereocenters. The van der Waals surface area contributed by atoms with Crippen molar-refractivity contribution in [1.82, 2.24) is 5.32 Å². The smallest absolute Gasteiger partial charge is 0.311 e. The first-order valence-electron chi connectivity index (χ1n) is 6.74. The number of nitriles is 1. The maximum Gasteiger partial charge on any atom is 0.311 e. The van der Waals surface area contributed by atoms with Gasteiger partial charge < -0.3 is 10.1 Å². The minimum atomic E-state index is -0.406. The van der Waals surface area contributed by atoms with E-state index >= 15 is 0 Å². The van der Waals surface area contributed by atoms with Gasteiger partial charge in [0.15, 0.2) is 0 Å². The van der Waals surface area contributed by atoms with Crippen LogP contribution in [0.25, 0.3) is 0 Å². The molecule has 0 saturated carbocycles. The maximum absolute atomic E-state index is 12.4. The average Bonchev–Trinajstić information content (AvgIpc) is 2.97. The van der Waals surface area contributed by atoms with Crippen LogP contribution in [0.2, 0.25) is 0 Å². The molecular weight excluding hydrogens is 304 g/mol. The summed E-state index contributed by atoms with van der Waals surface area (Å²) in [6, 6.07) is 6.08. The molecule has 0 bridgehead atoms. The molecule has 1 fully saturated rings. The summed E-state index contributed by atoms with van der Waals surface area (Å²) in [4.78, 5) is 13.4. The molecule has 1 saturated heterocycles. The van der Waals surface area contributed by atoms with Crippen molar-refractivity contribution in [3.63, 3.8) is 0 Å². The molecule has 2 rings (SSSR count). The molecule has 0 radical (unpaired) electrons. The molecule has 112 valence electrons. The van der Waals surface area contributed by atoms with Crippen LogP contribution in [0.4, 0.5) is 0 Å². The van der Waals surface area contributed by atoms with E-state index < -0.39 is 5.92 Å². The quantitative estimate of drug-likeness (QED) is 0.508. The van der Waals surface area contributed by atoms with Gasteiger partial charge in [-0.1, -0.05) is 18.7 Å². The molecule has 0 spiro atoms. The Morgan fingerprint density at radius 3 is 3.05 bits per heavy atom. The molecule has 1 aromatic rings. The number of hydrogen-bond donors (Lipinski definition) is 2. The van der Waals surface area contributed by atoms with Crippen molar-refractivity contribution < 1.29 is 9.53 Å². The van der Waals surface area contributed by atoms with E-state index in [0.29, 0.717) is 0 Å². The number of carbonyl (C=O) groups is 1. The van der Waals surface area contributed by atoms with Crippen molar-refractivity contribution >= 4 is 29.9 Å². The Balaban J connectivity index is 2.35. The van der Waals surface area contributed by atoms with Crippen LogP contribution in [0.15, 0.2) is 30.2 Å². The van der Waals surface area contributed by atoms with E-state index in [9.17, 15) is 10.1 Å². The highest BCUT2D eigenvalue weighted by atomic mass is 32.1. The summed E-state index contributed by atoms with van der Waals surface area (Å²) in [6.45, 7) is 5.66. The van der Waals surface area contributed by atoms with Gasteiger partial charge in [0.05, 0.1) is 23.3 Å². The minimum Gasteiger partial charge on any atom is -0.461 e. The number of carbonyl (C=O) groups excluding carboxylic acids is 1. The number of esters is 1. The standard InChI is InChI=1S/C15H18N2O2S2/c1-3-6-19-15(18)12-9(2)17-14(20)10(8-16)13(12)11-5-4-7-21-11/h3-5,7,9-10,12-14,17,20H,1,6H2,2H3. The average molecular weight is 322 g/mol. The molecule has 4 nitrogen and oxygen atoms in total. The van der Waals surface area contributed by atoms with Gasteiger partial charge >= 0.3 is 5.97 Å². The fourth-order valence-electron chi connectivity index (χ4n) is 2.78. The van der Waals surface area contributed by atoms with Gasteiger partial charge in [-0.15, -0.1) is 11.3 Å². The molecule has 0 aliphatic carbocycles. The predicted octanol–water partition coefficient (Wildman–Crippen LogP) is 2.56. The van der Waals surface area contributed by atoms with Crippen LogP contribution in [-0.4, -0.2) is 24.0 Å². The highest BCUT2D eigenvalue weighted by molar-refractivity contribution is 7.80. The summed E-state index contributed by atoms with van der Waals surface area (Å²) < 4.78 is 5.23. The van der Waals surface area contributed by atoms with Gasteiger partial charge in [0.1, 0.15) is 6.61 Å². The van der Waals surface area contributed by atoms with Crippen LogP contribution >= 0.6 is 24.0 Å². The summed E-state index contributed by atoms with van der Waals surface area (Å²) in [5, 5.41) is 14.4. The topological polar surface area (TPSA) is 62.1 Å². The number of piperidine rings is 1. The van der Waals surface area contributed by atoms with E-state index in [0.717, 1.165) is 4.88 Å². The third-order valence-corrected chi connectivity index (χ3v) is 5.17. The zero-order chi connectivity index (χ0) is 15.4. The Kier molecular flexibility index (Phi) is 5.45. The highest BCUT2D eigenvalue weighted by Gasteiger charge is 2.47. The third kappa shape index (κ3) is 3.31. The first-order valence-corrected chi connectivity index (χ1v) is 8.14. The lowest BCUT2D eigenvalue weighted by Crippen LogP contribution is -2.54. The van der Waals surface area contributed by atoms with E-state index in [1.807, 2.05) is 24.4 Å². The number of thiophene rings is 1. The Morgan fingerprint density at radius 1 is 1.71 bits per heavy atom. The first kappa shape index (κ1) is 16.1. The van der Waals surface area contributed by atoms with Crippen LogP contribution in [-0.2, 0) is 9.53 Å². The second-order valence-electron chi connectivity index (χ2n) is 5.04. The monoisotopic (exact) mass is 322 g/mol. The second kappa shape index (κ2) is 7.12. The lowest BCUT2D eigenvalue weighted by atomic mass is 9.74. The van der Waals surface area contributed by atoms with Crippen molar-refractivity contribution in [3.8, 4) is 6.07 Å². The fourth-order valence-corrected chi connectivity index (χ4v) is 4.19.